The molecule has 2 aromatic rings. The van der Waals surface area contributed by atoms with Gasteiger partial charge in [-0.1, -0.05) is 29.8 Å². The second kappa shape index (κ2) is 5.49. The Bertz CT molecular complexity index is 510. The Kier molecular flexibility index (Phi) is 3.97. The van der Waals surface area contributed by atoms with E-state index in [0.717, 1.165) is 11.4 Å². The average Bonchev–Trinajstić information content (AvgIpc) is 2.34. The molecule has 0 atom stereocenters. The van der Waals surface area contributed by atoms with Gasteiger partial charge in [0.25, 0.3) is 0 Å². The number of hydrogen-bond donors (Lipinski definition) is 1. The van der Waals surface area contributed by atoms with Gasteiger partial charge in [0, 0.05) is 16.3 Å². The molecule has 0 radical (unpaired) electrons. The van der Waals surface area contributed by atoms with E-state index in [0.29, 0.717) is 0 Å². The minimum Gasteiger partial charge on any atom is -0.398 e. The van der Waals surface area contributed by atoms with E-state index >= 15 is 0 Å². The molecule has 0 amide bonds. The number of rotatable bonds is 3. The van der Waals surface area contributed by atoms with Crippen LogP contribution in [-0.4, -0.2) is 0 Å². The number of benzene rings is 2. The summed E-state index contributed by atoms with van der Waals surface area (Å²) < 4.78 is 0. The smallest absolute Gasteiger partial charge is 0.0452 e. The highest BCUT2D eigenvalue weighted by atomic mass is 32.2. The third-order valence-corrected chi connectivity index (χ3v) is 4.18. The van der Waals surface area contributed by atoms with E-state index in [-0.39, 0.29) is 0 Å². The van der Waals surface area contributed by atoms with Crippen LogP contribution in [-0.2, 0) is 5.75 Å². The lowest BCUT2D eigenvalue weighted by Crippen LogP contribution is -1.91. The van der Waals surface area contributed by atoms with Gasteiger partial charge in [0.1, 0.15) is 0 Å². The molecule has 0 unspecified atom stereocenters. The van der Waals surface area contributed by atoms with E-state index < -0.39 is 0 Å². The molecule has 2 aromatic carbocycles. The summed E-state index contributed by atoms with van der Waals surface area (Å²) in [6, 6.07) is 12.8. The molecule has 18 heavy (non-hydrogen) atoms. The van der Waals surface area contributed by atoms with Gasteiger partial charge in [0.05, 0.1) is 0 Å². The van der Waals surface area contributed by atoms with Crippen molar-refractivity contribution in [1.29, 1.82) is 0 Å². The molecule has 2 rings (SSSR count). The quantitative estimate of drug-likeness (QED) is 0.648. The molecule has 0 aliphatic carbocycles. The minimum atomic E-state index is 0.871. The number of thioether (sulfide) groups is 1. The lowest BCUT2D eigenvalue weighted by atomic mass is 10.1. The van der Waals surface area contributed by atoms with Crippen LogP contribution in [0, 0.1) is 20.8 Å². The first-order valence-electron chi connectivity index (χ1n) is 6.11. The molecule has 94 valence electrons. The summed E-state index contributed by atoms with van der Waals surface area (Å²) in [5.74, 6) is 0.973. The Morgan fingerprint density at radius 1 is 0.944 bits per heavy atom. The fraction of sp³-hybridized carbons (Fsp3) is 0.250. The Labute approximate surface area is 113 Å². The van der Waals surface area contributed by atoms with Crippen LogP contribution >= 0.6 is 11.8 Å². The molecular formula is C16H19NS. The Morgan fingerprint density at radius 3 is 2.39 bits per heavy atom. The summed E-state index contributed by atoms with van der Waals surface area (Å²) in [4.78, 5) is 1.18. The van der Waals surface area contributed by atoms with E-state index in [9.17, 15) is 0 Å². The SMILES string of the molecule is Cc1ccc(C)c(CSc2cc(C)ccc2N)c1. The van der Waals surface area contributed by atoms with Crippen LogP contribution in [0.25, 0.3) is 0 Å². The normalized spacial score (nSPS) is 10.6. The Morgan fingerprint density at radius 2 is 1.61 bits per heavy atom. The fourth-order valence-corrected chi connectivity index (χ4v) is 3.00. The molecule has 0 aromatic heterocycles. The Hall–Kier alpha value is -1.41. The third-order valence-electron chi connectivity index (χ3n) is 3.06. The van der Waals surface area contributed by atoms with Crippen LogP contribution in [0.5, 0.6) is 0 Å². The zero-order chi connectivity index (χ0) is 13.1. The summed E-state index contributed by atoms with van der Waals surface area (Å²) in [7, 11) is 0. The van der Waals surface area contributed by atoms with Gasteiger partial charge in [-0.05, 0) is 49.6 Å². The van der Waals surface area contributed by atoms with Crippen molar-refractivity contribution >= 4 is 17.4 Å². The van der Waals surface area contributed by atoms with Gasteiger partial charge in [0.2, 0.25) is 0 Å². The maximum Gasteiger partial charge on any atom is 0.0452 e. The molecule has 2 N–H and O–H groups in total. The number of nitrogens with two attached hydrogens (primary N) is 1. The van der Waals surface area contributed by atoms with Crippen molar-refractivity contribution < 1.29 is 0 Å². The van der Waals surface area contributed by atoms with Crippen molar-refractivity contribution in [1.82, 2.24) is 0 Å². The van der Waals surface area contributed by atoms with E-state index in [4.69, 9.17) is 5.73 Å². The largest absolute Gasteiger partial charge is 0.398 e. The maximum atomic E-state index is 6.00. The van der Waals surface area contributed by atoms with Crippen LogP contribution in [0.2, 0.25) is 0 Å². The average molecular weight is 257 g/mol. The van der Waals surface area contributed by atoms with Crippen molar-refractivity contribution in [2.24, 2.45) is 0 Å². The van der Waals surface area contributed by atoms with Gasteiger partial charge >= 0.3 is 0 Å². The van der Waals surface area contributed by atoms with E-state index in [1.54, 1.807) is 0 Å². The van der Waals surface area contributed by atoms with Crippen molar-refractivity contribution in [2.75, 3.05) is 5.73 Å². The molecule has 0 aliphatic heterocycles. The number of hydrogen-bond acceptors (Lipinski definition) is 2. The lowest BCUT2D eigenvalue weighted by Gasteiger charge is -2.09. The monoisotopic (exact) mass is 257 g/mol. The van der Waals surface area contributed by atoms with Crippen LogP contribution < -0.4 is 5.73 Å². The fourth-order valence-electron chi connectivity index (χ4n) is 1.88. The molecule has 2 heteroatoms. The number of nitrogen functional groups attached to an aromatic ring is 1. The van der Waals surface area contributed by atoms with Crippen LogP contribution in [0.4, 0.5) is 5.69 Å². The first kappa shape index (κ1) is 13.0. The Balaban J connectivity index is 2.16. The molecule has 1 nitrogen and oxygen atoms in total. The van der Waals surface area contributed by atoms with Crippen molar-refractivity contribution in [3.05, 3.63) is 58.7 Å². The first-order valence-corrected chi connectivity index (χ1v) is 7.10. The van der Waals surface area contributed by atoms with Crippen molar-refractivity contribution in [3.63, 3.8) is 0 Å². The molecule has 0 saturated carbocycles. The predicted molar refractivity (Wildman–Crippen MR) is 81.1 cm³/mol. The van der Waals surface area contributed by atoms with Gasteiger partial charge in [-0.25, -0.2) is 0 Å². The molecule has 0 fully saturated rings. The highest BCUT2D eigenvalue weighted by Gasteiger charge is 2.03. The van der Waals surface area contributed by atoms with Crippen LogP contribution in [0.3, 0.4) is 0 Å². The first-order chi connectivity index (χ1) is 8.56. The summed E-state index contributed by atoms with van der Waals surface area (Å²) in [5.41, 5.74) is 12.2. The highest BCUT2D eigenvalue weighted by Crippen LogP contribution is 2.30. The van der Waals surface area contributed by atoms with E-state index in [2.05, 4.69) is 51.1 Å². The maximum absolute atomic E-state index is 6.00. The van der Waals surface area contributed by atoms with Gasteiger partial charge in [0.15, 0.2) is 0 Å². The molecule has 0 bridgehead atoms. The predicted octanol–water partition coefficient (Wildman–Crippen LogP) is 4.49. The third kappa shape index (κ3) is 3.08. The summed E-state index contributed by atoms with van der Waals surface area (Å²) in [5, 5.41) is 0. The molecule has 0 saturated heterocycles. The van der Waals surface area contributed by atoms with Crippen molar-refractivity contribution in [3.8, 4) is 0 Å². The standard InChI is InChI=1S/C16H19NS/c1-11-4-6-13(3)14(8-11)10-18-16-9-12(2)5-7-15(16)17/h4-9H,10,17H2,1-3H3. The number of aryl methyl sites for hydroxylation is 3. The van der Waals surface area contributed by atoms with Gasteiger partial charge < -0.3 is 5.73 Å². The summed E-state index contributed by atoms with van der Waals surface area (Å²) in [6.07, 6.45) is 0. The second-order valence-corrected chi connectivity index (χ2v) is 5.78. The molecule has 0 heterocycles. The van der Waals surface area contributed by atoms with E-state index in [1.165, 1.54) is 27.1 Å². The van der Waals surface area contributed by atoms with Gasteiger partial charge in [-0.3, -0.25) is 0 Å². The van der Waals surface area contributed by atoms with Crippen LogP contribution in [0.1, 0.15) is 22.3 Å². The number of anilines is 1. The topological polar surface area (TPSA) is 26.0 Å². The summed E-state index contributed by atoms with van der Waals surface area (Å²) in [6.45, 7) is 6.39. The van der Waals surface area contributed by atoms with Crippen LogP contribution in [0.15, 0.2) is 41.3 Å². The molecule has 0 aliphatic rings. The second-order valence-electron chi connectivity index (χ2n) is 4.76. The zero-order valence-electron chi connectivity index (χ0n) is 11.2. The minimum absolute atomic E-state index is 0.871. The van der Waals surface area contributed by atoms with Gasteiger partial charge in [-0.2, -0.15) is 0 Å². The highest BCUT2D eigenvalue weighted by molar-refractivity contribution is 7.98. The van der Waals surface area contributed by atoms with Crippen molar-refractivity contribution in [2.45, 2.75) is 31.4 Å². The summed E-state index contributed by atoms with van der Waals surface area (Å²) >= 11 is 1.81. The molecular weight excluding hydrogens is 238 g/mol. The molecule has 0 spiro atoms. The van der Waals surface area contributed by atoms with Gasteiger partial charge in [-0.15, -0.1) is 11.8 Å². The van der Waals surface area contributed by atoms with E-state index in [1.807, 2.05) is 17.8 Å². The lowest BCUT2D eigenvalue weighted by molar-refractivity contribution is 1.27. The zero-order valence-corrected chi connectivity index (χ0v) is 12.0.